The molecule has 4 nitrogen and oxygen atoms in total. The van der Waals surface area contributed by atoms with Gasteiger partial charge in [-0.1, -0.05) is 49.8 Å². The van der Waals surface area contributed by atoms with Crippen molar-refractivity contribution in [1.29, 1.82) is 0 Å². The van der Waals surface area contributed by atoms with Gasteiger partial charge in [-0.05, 0) is 80.3 Å². The maximum Gasteiger partial charge on any atom is 0.246 e. The molecule has 7 atom stereocenters. The number of aryl methyl sites for hydroxylation is 1. The fourth-order valence-corrected chi connectivity index (χ4v) is 8.30. The molecule has 4 aliphatic rings. The van der Waals surface area contributed by atoms with E-state index in [4.69, 9.17) is 0 Å². The van der Waals surface area contributed by atoms with Crippen LogP contribution in [0.1, 0.15) is 63.5 Å². The molecule has 2 amide bonds. The molecule has 4 heteroatoms. The second-order valence-electron chi connectivity index (χ2n) is 11.5. The Morgan fingerprint density at radius 3 is 2.72 bits per heavy atom. The summed E-state index contributed by atoms with van der Waals surface area (Å²) in [6, 6.07) is 8.73. The summed E-state index contributed by atoms with van der Waals surface area (Å²) in [5, 5.41) is 3.27. The van der Waals surface area contributed by atoms with E-state index in [1.54, 1.807) is 0 Å². The van der Waals surface area contributed by atoms with Gasteiger partial charge >= 0.3 is 0 Å². The minimum absolute atomic E-state index is 0.0679. The van der Waals surface area contributed by atoms with Crippen LogP contribution < -0.4 is 5.32 Å². The largest absolute Gasteiger partial charge is 0.352 e. The van der Waals surface area contributed by atoms with E-state index in [0.717, 1.165) is 19.3 Å². The third-order valence-corrected chi connectivity index (χ3v) is 9.99. The van der Waals surface area contributed by atoms with E-state index in [9.17, 15) is 9.59 Å². The van der Waals surface area contributed by atoms with Crippen LogP contribution in [-0.2, 0) is 16.1 Å². The molecule has 1 aromatic rings. The van der Waals surface area contributed by atoms with Crippen LogP contribution in [-0.4, -0.2) is 29.8 Å². The molecular formula is C28H38N2O2. The van der Waals surface area contributed by atoms with Gasteiger partial charge in [0.2, 0.25) is 11.8 Å². The summed E-state index contributed by atoms with van der Waals surface area (Å²) in [5.74, 6) is 2.41. The van der Waals surface area contributed by atoms with E-state index >= 15 is 0 Å². The third kappa shape index (κ3) is 3.24. The highest BCUT2D eigenvalue weighted by Crippen LogP contribution is 2.65. The number of hydrogen-bond acceptors (Lipinski definition) is 2. The first-order chi connectivity index (χ1) is 15.2. The Morgan fingerprint density at radius 1 is 1.12 bits per heavy atom. The van der Waals surface area contributed by atoms with Crippen molar-refractivity contribution in [2.24, 2.45) is 34.5 Å². The predicted molar refractivity (Wildman–Crippen MR) is 127 cm³/mol. The quantitative estimate of drug-likeness (QED) is 0.738. The molecule has 1 heterocycles. The molecule has 0 radical (unpaired) electrons. The van der Waals surface area contributed by atoms with E-state index in [1.165, 1.54) is 30.4 Å². The van der Waals surface area contributed by atoms with Crippen LogP contribution in [0.25, 0.3) is 0 Å². The standard InChI is InChI=1S/C28H38N2O2/c1-18-6-5-7-19(16-18)17-29-26(32)23-10-9-21-20-8-11-24-28(3,15-13-25(31)30(24)4)22(20)12-14-27(21,23)2/h5-7,13,15-16,20-24H,8-12,14,17H2,1-4H3,(H,29,32)/t20-,21-,22-,23+,24+,27-,28+/m0/s1. The first kappa shape index (κ1) is 21.7. The number of hydrogen-bond donors (Lipinski definition) is 1. The van der Waals surface area contributed by atoms with Crippen molar-refractivity contribution in [2.75, 3.05) is 7.05 Å². The maximum atomic E-state index is 13.3. The summed E-state index contributed by atoms with van der Waals surface area (Å²) in [6.07, 6.45) is 10.8. The van der Waals surface area contributed by atoms with Gasteiger partial charge in [0.25, 0.3) is 0 Å². The molecule has 3 fully saturated rings. The molecule has 172 valence electrons. The highest BCUT2D eigenvalue weighted by Gasteiger charge is 2.61. The fraction of sp³-hybridized carbons (Fsp3) is 0.643. The third-order valence-electron chi connectivity index (χ3n) is 9.99. The van der Waals surface area contributed by atoms with Gasteiger partial charge in [-0.15, -0.1) is 0 Å². The smallest absolute Gasteiger partial charge is 0.246 e. The molecule has 0 aromatic heterocycles. The molecule has 3 aliphatic carbocycles. The number of likely N-dealkylation sites (N-methyl/N-ethyl adjacent to an activating group) is 1. The van der Waals surface area contributed by atoms with Crippen LogP contribution in [0.3, 0.4) is 0 Å². The van der Waals surface area contributed by atoms with Crippen LogP contribution in [0.2, 0.25) is 0 Å². The van der Waals surface area contributed by atoms with Crippen LogP contribution in [0.4, 0.5) is 0 Å². The maximum absolute atomic E-state index is 13.3. The van der Waals surface area contributed by atoms with Gasteiger partial charge < -0.3 is 10.2 Å². The Labute approximate surface area is 192 Å². The van der Waals surface area contributed by atoms with E-state index in [-0.39, 0.29) is 28.6 Å². The monoisotopic (exact) mass is 434 g/mol. The molecule has 0 spiro atoms. The lowest BCUT2D eigenvalue weighted by molar-refractivity contribution is -0.142. The molecular weight excluding hydrogens is 396 g/mol. The Kier molecular flexibility index (Phi) is 5.26. The summed E-state index contributed by atoms with van der Waals surface area (Å²) in [4.78, 5) is 27.6. The number of nitrogens with zero attached hydrogens (tertiary/aromatic N) is 1. The second kappa shape index (κ2) is 7.74. The summed E-state index contributed by atoms with van der Waals surface area (Å²) in [5.41, 5.74) is 2.58. The summed E-state index contributed by atoms with van der Waals surface area (Å²) < 4.78 is 0. The number of carbonyl (C=O) groups is 2. The zero-order valence-corrected chi connectivity index (χ0v) is 20.1. The van der Waals surface area contributed by atoms with Gasteiger partial charge in [-0.25, -0.2) is 0 Å². The molecule has 5 rings (SSSR count). The predicted octanol–water partition coefficient (Wildman–Crippen LogP) is 4.87. The highest BCUT2D eigenvalue weighted by molar-refractivity contribution is 5.89. The number of amides is 2. The average molecular weight is 435 g/mol. The second-order valence-corrected chi connectivity index (χ2v) is 11.5. The molecule has 1 aliphatic heterocycles. The normalized spacial score (nSPS) is 40.4. The summed E-state index contributed by atoms with van der Waals surface area (Å²) in [7, 11) is 1.98. The minimum Gasteiger partial charge on any atom is -0.352 e. The number of benzene rings is 1. The van der Waals surface area contributed by atoms with Crippen molar-refractivity contribution in [2.45, 2.75) is 71.9 Å². The van der Waals surface area contributed by atoms with E-state index in [1.807, 2.05) is 18.0 Å². The van der Waals surface area contributed by atoms with Gasteiger partial charge in [0.15, 0.2) is 0 Å². The average Bonchev–Trinajstić information content (AvgIpc) is 3.12. The Balaban J connectivity index is 1.32. The lowest BCUT2D eigenvalue weighted by Gasteiger charge is -2.60. The minimum atomic E-state index is 0.0679. The molecule has 1 N–H and O–H groups in total. The first-order valence-corrected chi connectivity index (χ1v) is 12.5. The van der Waals surface area contributed by atoms with Crippen LogP contribution in [0.15, 0.2) is 36.4 Å². The molecule has 1 aromatic carbocycles. The van der Waals surface area contributed by atoms with Gasteiger partial charge in [-0.3, -0.25) is 9.59 Å². The van der Waals surface area contributed by atoms with Crippen LogP contribution in [0, 0.1) is 41.4 Å². The van der Waals surface area contributed by atoms with Gasteiger partial charge in [0, 0.05) is 31.0 Å². The lowest BCUT2D eigenvalue weighted by Crippen LogP contribution is -2.59. The number of rotatable bonds is 3. The highest BCUT2D eigenvalue weighted by atomic mass is 16.2. The van der Waals surface area contributed by atoms with E-state index in [2.05, 4.69) is 56.4 Å². The molecule has 3 saturated carbocycles. The molecule has 32 heavy (non-hydrogen) atoms. The zero-order chi connectivity index (χ0) is 22.7. The van der Waals surface area contributed by atoms with Crippen LogP contribution >= 0.6 is 0 Å². The fourth-order valence-electron chi connectivity index (χ4n) is 8.30. The van der Waals surface area contributed by atoms with Crippen LogP contribution in [0.5, 0.6) is 0 Å². The topological polar surface area (TPSA) is 49.4 Å². The number of carbonyl (C=O) groups excluding carboxylic acids is 2. The van der Waals surface area contributed by atoms with Crippen molar-refractivity contribution < 1.29 is 9.59 Å². The Morgan fingerprint density at radius 2 is 1.94 bits per heavy atom. The number of nitrogens with one attached hydrogen (secondary N) is 1. The van der Waals surface area contributed by atoms with Crippen molar-refractivity contribution in [1.82, 2.24) is 10.2 Å². The first-order valence-electron chi connectivity index (χ1n) is 12.5. The van der Waals surface area contributed by atoms with Crippen molar-refractivity contribution in [3.8, 4) is 0 Å². The lowest BCUT2D eigenvalue weighted by atomic mass is 9.47. The van der Waals surface area contributed by atoms with E-state index < -0.39 is 0 Å². The van der Waals surface area contributed by atoms with Crippen molar-refractivity contribution in [3.05, 3.63) is 47.5 Å². The van der Waals surface area contributed by atoms with Crippen molar-refractivity contribution in [3.63, 3.8) is 0 Å². The van der Waals surface area contributed by atoms with E-state index in [0.29, 0.717) is 30.3 Å². The Hall–Kier alpha value is -2.10. The summed E-state index contributed by atoms with van der Waals surface area (Å²) in [6.45, 7) is 7.50. The van der Waals surface area contributed by atoms with Gasteiger partial charge in [0.1, 0.15) is 0 Å². The molecule has 0 saturated heterocycles. The van der Waals surface area contributed by atoms with Gasteiger partial charge in [-0.2, -0.15) is 0 Å². The number of fused-ring (bicyclic) bond motifs is 5. The molecule has 0 unspecified atom stereocenters. The van der Waals surface area contributed by atoms with Gasteiger partial charge in [0.05, 0.1) is 0 Å². The van der Waals surface area contributed by atoms with Crippen molar-refractivity contribution >= 4 is 11.8 Å². The molecule has 0 bridgehead atoms. The zero-order valence-electron chi connectivity index (χ0n) is 20.1. The Bertz CT molecular complexity index is 955. The summed E-state index contributed by atoms with van der Waals surface area (Å²) >= 11 is 0. The SMILES string of the molecule is Cc1cccc(CNC(=O)[C@H]2CC[C@H]3[C@@H]4CC[C@H]5N(C)C(=O)C=C[C@]5(C)[C@H]4CC[C@]23C)c1.